The van der Waals surface area contributed by atoms with Crippen LogP contribution in [-0.4, -0.2) is 11.1 Å². The van der Waals surface area contributed by atoms with Crippen molar-refractivity contribution in [2.75, 3.05) is 0 Å². The first-order chi connectivity index (χ1) is 13.6. The van der Waals surface area contributed by atoms with Gasteiger partial charge >= 0.3 is 5.97 Å². The molecule has 1 rings (SSSR count). The molecule has 0 heterocycles. The van der Waals surface area contributed by atoms with Gasteiger partial charge in [-0.1, -0.05) is 98.1 Å². The highest BCUT2D eigenvalue weighted by atomic mass is 16.4. The van der Waals surface area contributed by atoms with Gasteiger partial charge in [0.15, 0.2) is 0 Å². The van der Waals surface area contributed by atoms with Crippen LogP contribution in [0.1, 0.15) is 111 Å². The topological polar surface area (TPSA) is 37.3 Å². The minimum Gasteiger partial charge on any atom is -0.481 e. The van der Waals surface area contributed by atoms with E-state index in [2.05, 4.69) is 78.8 Å². The lowest BCUT2D eigenvalue weighted by Gasteiger charge is -2.28. The van der Waals surface area contributed by atoms with E-state index < -0.39 is 5.97 Å². The Balaban J connectivity index is 3.20. The Kier molecular flexibility index (Phi) is 10.2. The summed E-state index contributed by atoms with van der Waals surface area (Å²) < 4.78 is 0. The molecule has 0 aliphatic rings. The second kappa shape index (κ2) is 11.6. The Morgan fingerprint density at radius 3 is 2.14 bits per heavy atom. The number of hydrogen-bond donors (Lipinski definition) is 1. The van der Waals surface area contributed by atoms with Gasteiger partial charge < -0.3 is 5.11 Å². The highest BCUT2D eigenvalue weighted by molar-refractivity contribution is 5.69. The Bertz CT molecular complexity index is 650. The van der Waals surface area contributed by atoms with Gasteiger partial charge in [-0.05, 0) is 59.1 Å². The lowest BCUT2D eigenvalue weighted by Crippen LogP contribution is -2.19. The molecule has 0 aromatic heterocycles. The molecule has 1 N–H and O–H groups in total. The van der Waals surface area contributed by atoms with Gasteiger partial charge in [-0.15, -0.1) is 0 Å². The van der Waals surface area contributed by atoms with Gasteiger partial charge in [0.05, 0.1) is 0 Å². The third-order valence-corrected chi connectivity index (χ3v) is 6.51. The van der Waals surface area contributed by atoms with Crippen LogP contribution in [0.3, 0.4) is 0 Å². The molecule has 1 atom stereocenters. The van der Waals surface area contributed by atoms with Crippen molar-refractivity contribution < 1.29 is 9.90 Å². The number of hydrogen-bond acceptors (Lipinski definition) is 1. The van der Waals surface area contributed by atoms with E-state index in [-0.39, 0.29) is 17.3 Å². The molecule has 29 heavy (non-hydrogen) atoms. The van der Waals surface area contributed by atoms with Crippen LogP contribution in [0.25, 0.3) is 5.57 Å². The number of carbonyl (C=O) groups is 1. The van der Waals surface area contributed by atoms with Crippen LogP contribution in [0.4, 0.5) is 0 Å². The van der Waals surface area contributed by atoms with Crippen LogP contribution < -0.4 is 0 Å². The van der Waals surface area contributed by atoms with E-state index in [1.54, 1.807) is 0 Å². The summed E-state index contributed by atoms with van der Waals surface area (Å²) in [7, 11) is 0. The van der Waals surface area contributed by atoms with Gasteiger partial charge in [0, 0.05) is 6.42 Å². The highest BCUT2D eigenvalue weighted by Crippen LogP contribution is 2.37. The van der Waals surface area contributed by atoms with Crippen molar-refractivity contribution in [3.8, 4) is 0 Å². The van der Waals surface area contributed by atoms with Crippen LogP contribution in [0.15, 0.2) is 30.3 Å². The molecule has 0 spiro atoms. The predicted octanol–water partition coefficient (Wildman–Crippen LogP) is 8.26. The maximum atomic E-state index is 11.0. The molecular formula is C27H44O2. The normalized spacial score (nSPS) is 14.1. The van der Waals surface area contributed by atoms with Gasteiger partial charge in [0.25, 0.3) is 0 Å². The summed E-state index contributed by atoms with van der Waals surface area (Å²) in [5.41, 5.74) is 4.09. The fraction of sp³-hybridized carbons (Fsp3) is 0.667. The zero-order chi connectivity index (χ0) is 22.1. The molecule has 0 aliphatic heterocycles. The first-order valence-corrected chi connectivity index (χ1v) is 11.6. The molecular weight excluding hydrogens is 356 g/mol. The fourth-order valence-corrected chi connectivity index (χ4v) is 3.86. The van der Waals surface area contributed by atoms with E-state index in [1.165, 1.54) is 48.8 Å². The average molecular weight is 401 g/mol. The van der Waals surface area contributed by atoms with Crippen LogP contribution in [0.2, 0.25) is 0 Å². The lowest BCUT2D eigenvalue weighted by molar-refractivity contribution is -0.137. The third-order valence-electron chi connectivity index (χ3n) is 6.51. The zero-order valence-electron chi connectivity index (χ0n) is 20.0. The number of carboxylic acids is 1. The Labute approximate surface area is 179 Å². The van der Waals surface area contributed by atoms with Crippen LogP contribution in [0.5, 0.6) is 0 Å². The molecule has 164 valence electrons. The summed E-state index contributed by atoms with van der Waals surface area (Å²) in [6.45, 7) is 15.8. The van der Waals surface area contributed by atoms with Gasteiger partial charge in [-0.2, -0.15) is 0 Å². The molecule has 1 aromatic carbocycles. The van der Waals surface area contributed by atoms with E-state index in [1.807, 2.05) is 0 Å². The molecule has 0 radical (unpaired) electrons. The largest absolute Gasteiger partial charge is 0.481 e. The standard InChI is InChI=1S/C27H44O2/c1-8-11-12-13-21(9-2)24(20-26(4,5)10-3)22-14-16-23(17-15-22)27(6,7)19-18-25(28)29/h14-17,20-21H,8-13,18-19H2,1-7H3,(H,28,29)/b24-20+. The van der Waals surface area contributed by atoms with Gasteiger partial charge in [0.2, 0.25) is 0 Å². The van der Waals surface area contributed by atoms with Crippen LogP contribution in [-0.2, 0) is 10.2 Å². The molecule has 0 saturated heterocycles. The molecule has 0 aliphatic carbocycles. The van der Waals surface area contributed by atoms with E-state index >= 15 is 0 Å². The Morgan fingerprint density at radius 1 is 1.03 bits per heavy atom. The summed E-state index contributed by atoms with van der Waals surface area (Å²) in [6.07, 6.45) is 10.8. The zero-order valence-corrected chi connectivity index (χ0v) is 20.0. The first kappa shape index (κ1) is 25.5. The van der Waals surface area contributed by atoms with Gasteiger partial charge in [0.1, 0.15) is 0 Å². The first-order valence-electron chi connectivity index (χ1n) is 11.6. The average Bonchev–Trinajstić information content (AvgIpc) is 2.68. The molecule has 0 saturated carbocycles. The maximum Gasteiger partial charge on any atom is 0.303 e. The molecule has 2 nitrogen and oxygen atoms in total. The summed E-state index contributed by atoms with van der Waals surface area (Å²) in [4.78, 5) is 11.0. The van der Waals surface area contributed by atoms with Crippen molar-refractivity contribution in [1.29, 1.82) is 0 Å². The van der Waals surface area contributed by atoms with Crippen molar-refractivity contribution in [2.24, 2.45) is 11.3 Å². The number of unbranched alkanes of at least 4 members (excludes halogenated alkanes) is 2. The number of allylic oxidation sites excluding steroid dienone is 2. The van der Waals surface area contributed by atoms with E-state index in [9.17, 15) is 4.79 Å². The number of benzene rings is 1. The van der Waals surface area contributed by atoms with E-state index in [0.29, 0.717) is 12.3 Å². The summed E-state index contributed by atoms with van der Waals surface area (Å²) in [5.74, 6) is -0.127. The maximum absolute atomic E-state index is 11.0. The second-order valence-corrected chi connectivity index (χ2v) is 9.90. The smallest absolute Gasteiger partial charge is 0.303 e. The summed E-state index contributed by atoms with van der Waals surface area (Å²) >= 11 is 0. The van der Waals surface area contributed by atoms with Gasteiger partial charge in [-0.25, -0.2) is 0 Å². The third kappa shape index (κ3) is 8.36. The molecule has 0 bridgehead atoms. The quantitative estimate of drug-likeness (QED) is 0.338. The van der Waals surface area contributed by atoms with Crippen LogP contribution >= 0.6 is 0 Å². The minimum atomic E-state index is -0.723. The van der Waals surface area contributed by atoms with Crippen molar-refractivity contribution >= 4 is 11.5 Å². The SMILES string of the molecule is CCCCCC(CC)/C(=C\C(C)(C)CC)c1ccc(C(C)(C)CCC(=O)O)cc1. The predicted molar refractivity (Wildman–Crippen MR) is 126 cm³/mol. The van der Waals surface area contributed by atoms with E-state index in [0.717, 1.165) is 6.42 Å². The fourth-order valence-electron chi connectivity index (χ4n) is 3.86. The van der Waals surface area contributed by atoms with Crippen molar-refractivity contribution in [2.45, 2.75) is 105 Å². The molecule has 1 aromatic rings. The Hall–Kier alpha value is -1.57. The second-order valence-electron chi connectivity index (χ2n) is 9.90. The monoisotopic (exact) mass is 400 g/mol. The molecule has 0 amide bonds. The van der Waals surface area contributed by atoms with E-state index in [4.69, 9.17) is 5.11 Å². The highest BCUT2D eigenvalue weighted by Gasteiger charge is 2.23. The summed E-state index contributed by atoms with van der Waals surface area (Å²) in [5, 5.41) is 9.04. The number of rotatable bonds is 13. The molecule has 0 fully saturated rings. The van der Waals surface area contributed by atoms with Crippen molar-refractivity contribution in [3.05, 3.63) is 41.5 Å². The summed E-state index contributed by atoms with van der Waals surface area (Å²) in [6, 6.07) is 8.95. The number of aliphatic carboxylic acids is 1. The Morgan fingerprint density at radius 2 is 1.66 bits per heavy atom. The van der Waals surface area contributed by atoms with Gasteiger partial charge in [-0.3, -0.25) is 4.79 Å². The van der Waals surface area contributed by atoms with Crippen LogP contribution in [0, 0.1) is 11.3 Å². The number of carboxylic acid groups (broad SMARTS) is 1. The van der Waals surface area contributed by atoms with Crippen molar-refractivity contribution in [1.82, 2.24) is 0 Å². The molecule has 2 heteroatoms. The lowest BCUT2D eigenvalue weighted by atomic mass is 9.77. The molecule has 1 unspecified atom stereocenters. The minimum absolute atomic E-state index is 0.130. The van der Waals surface area contributed by atoms with Crippen molar-refractivity contribution in [3.63, 3.8) is 0 Å².